The molecule has 0 unspecified atom stereocenters. The fourth-order valence-electron chi connectivity index (χ4n) is 2.40. The van der Waals surface area contributed by atoms with Crippen molar-refractivity contribution in [2.75, 3.05) is 19.6 Å². The van der Waals surface area contributed by atoms with Crippen LogP contribution in [-0.4, -0.2) is 42.4 Å². The Kier molecular flexibility index (Phi) is 11.3. The van der Waals surface area contributed by atoms with Gasteiger partial charge >= 0.3 is 0 Å². The van der Waals surface area contributed by atoms with Crippen molar-refractivity contribution in [2.45, 2.75) is 19.9 Å². The van der Waals surface area contributed by atoms with Crippen molar-refractivity contribution in [1.29, 1.82) is 0 Å². The molecule has 0 fully saturated rings. The molecule has 2 rings (SSSR count). The number of carbonyl (C=O) groups excluding carboxylic acids is 2. The minimum Gasteiger partial charge on any atom is -0.368 e. The maximum atomic E-state index is 11.9. The van der Waals surface area contributed by atoms with Crippen molar-refractivity contribution in [1.82, 2.24) is 20.9 Å². The zero-order valence-corrected chi connectivity index (χ0v) is 18.7. The van der Waals surface area contributed by atoms with E-state index in [2.05, 4.69) is 25.9 Å². The standard InChI is InChI=1S/C20H26N6O2.HI/c1-2-22-20(24-12-10-17-5-3-4-11-23-17)26-13-15-6-8-16(9-7-15)19(28)25-14-18(21)27;/h3-9,11H,2,10,12-14H2,1H3,(H2,21,27)(H,25,28)(H2,22,24,26);1H. The molecule has 8 nitrogen and oxygen atoms in total. The molecule has 0 spiro atoms. The summed E-state index contributed by atoms with van der Waals surface area (Å²) in [5.74, 6) is -0.189. The Morgan fingerprint density at radius 3 is 2.45 bits per heavy atom. The van der Waals surface area contributed by atoms with E-state index in [-0.39, 0.29) is 36.4 Å². The third kappa shape index (κ3) is 9.37. The molecule has 1 heterocycles. The fourth-order valence-corrected chi connectivity index (χ4v) is 2.40. The summed E-state index contributed by atoms with van der Waals surface area (Å²) in [6.45, 7) is 3.79. The van der Waals surface area contributed by atoms with Gasteiger partial charge in [-0.15, -0.1) is 24.0 Å². The number of hydrogen-bond donors (Lipinski definition) is 4. The summed E-state index contributed by atoms with van der Waals surface area (Å²) in [4.78, 5) is 31.5. The van der Waals surface area contributed by atoms with Gasteiger partial charge in [-0.3, -0.25) is 14.6 Å². The lowest BCUT2D eigenvalue weighted by atomic mass is 10.1. The number of aliphatic imine (C=N–C) groups is 1. The Hall–Kier alpha value is -2.69. The summed E-state index contributed by atoms with van der Waals surface area (Å²) in [5.41, 5.74) is 7.48. The second-order valence-corrected chi connectivity index (χ2v) is 6.04. The zero-order valence-electron chi connectivity index (χ0n) is 16.4. The van der Waals surface area contributed by atoms with Crippen LogP contribution in [0.2, 0.25) is 0 Å². The van der Waals surface area contributed by atoms with Gasteiger partial charge in [0.2, 0.25) is 5.91 Å². The first-order valence-electron chi connectivity index (χ1n) is 9.16. The molecule has 0 aliphatic rings. The molecule has 9 heteroatoms. The molecule has 0 aliphatic carbocycles. The normalized spacial score (nSPS) is 10.6. The van der Waals surface area contributed by atoms with Crippen LogP contribution in [0.15, 0.2) is 53.7 Å². The lowest BCUT2D eigenvalue weighted by Crippen LogP contribution is -2.38. The van der Waals surface area contributed by atoms with E-state index in [9.17, 15) is 9.59 Å². The van der Waals surface area contributed by atoms with Crippen molar-refractivity contribution < 1.29 is 9.59 Å². The van der Waals surface area contributed by atoms with E-state index in [1.807, 2.05) is 37.3 Å². The molecule has 0 saturated heterocycles. The van der Waals surface area contributed by atoms with Crippen molar-refractivity contribution in [3.05, 3.63) is 65.5 Å². The molecular weight excluding hydrogens is 483 g/mol. The Bertz CT molecular complexity index is 796. The zero-order chi connectivity index (χ0) is 20.2. The summed E-state index contributed by atoms with van der Waals surface area (Å²) < 4.78 is 0. The molecule has 1 aromatic heterocycles. The van der Waals surface area contributed by atoms with E-state index in [1.165, 1.54) is 0 Å². The van der Waals surface area contributed by atoms with Crippen LogP contribution in [0, 0.1) is 0 Å². The summed E-state index contributed by atoms with van der Waals surface area (Å²) in [6, 6.07) is 12.9. The lowest BCUT2D eigenvalue weighted by molar-refractivity contribution is -0.117. The Morgan fingerprint density at radius 1 is 1.07 bits per heavy atom. The third-order valence-electron chi connectivity index (χ3n) is 3.80. The highest BCUT2D eigenvalue weighted by Gasteiger charge is 2.06. The molecule has 0 radical (unpaired) electrons. The van der Waals surface area contributed by atoms with Gasteiger partial charge in [0.1, 0.15) is 0 Å². The van der Waals surface area contributed by atoms with Crippen molar-refractivity contribution in [3.63, 3.8) is 0 Å². The Morgan fingerprint density at radius 2 is 1.83 bits per heavy atom. The molecule has 29 heavy (non-hydrogen) atoms. The topological polar surface area (TPSA) is 122 Å². The largest absolute Gasteiger partial charge is 0.368 e. The number of nitrogens with one attached hydrogen (secondary N) is 3. The van der Waals surface area contributed by atoms with E-state index < -0.39 is 5.91 Å². The highest BCUT2D eigenvalue weighted by molar-refractivity contribution is 14.0. The van der Waals surface area contributed by atoms with E-state index in [0.29, 0.717) is 12.1 Å². The van der Waals surface area contributed by atoms with Crippen molar-refractivity contribution >= 4 is 41.8 Å². The van der Waals surface area contributed by atoms with Crippen LogP contribution >= 0.6 is 24.0 Å². The number of halogens is 1. The average Bonchev–Trinajstić information content (AvgIpc) is 2.71. The van der Waals surface area contributed by atoms with Crippen molar-refractivity contribution in [3.8, 4) is 0 Å². The second-order valence-electron chi connectivity index (χ2n) is 6.04. The van der Waals surface area contributed by atoms with Gasteiger partial charge in [0.25, 0.3) is 5.91 Å². The first kappa shape index (κ1) is 24.3. The van der Waals surface area contributed by atoms with Gasteiger partial charge in [0.15, 0.2) is 5.96 Å². The Labute approximate surface area is 187 Å². The van der Waals surface area contributed by atoms with Crippen LogP contribution in [0.4, 0.5) is 0 Å². The van der Waals surface area contributed by atoms with E-state index >= 15 is 0 Å². The van der Waals surface area contributed by atoms with Gasteiger partial charge < -0.3 is 21.7 Å². The van der Waals surface area contributed by atoms with E-state index in [1.54, 1.807) is 18.3 Å². The number of aromatic nitrogens is 1. The highest BCUT2D eigenvalue weighted by atomic mass is 127. The Balaban J connectivity index is 0.00000420. The van der Waals surface area contributed by atoms with Crippen LogP contribution in [-0.2, 0) is 17.8 Å². The second kappa shape index (κ2) is 13.5. The molecule has 2 aromatic rings. The molecule has 0 atom stereocenters. The van der Waals surface area contributed by atoms with E-state index in [4.69, 9.17) is 5.73 Å². The molecule has 1 aromatic carbocycles. The number of benzene rings is 1. The fraction of sp³-hybridized carbons (Fsp3) is 0.300. The van der Waals surface area contributed by atoms with Crippen LogP contribution in [0.5, 0.6) is 0 Å². The molecule has 2 amide bonds. The number of rotatable bonds is 9. The highest BCUT2D eigenvalue weighted by Crippen LogP contribution is 2.06. The molecule has 0 bridgehead atoms. The van der Waals surface area contributed by atoms with Gasteiger partial charge in [-0.25, -0.2) is 4.99 Å². The number of pyridine rings is 1. The van der Waals surface area contributed by atoms with Crippen LogP contribution in [0.25, 0.3) is 0 Å². The molecule has 0 saturated carbocycles. The maximum Gasteiger partial charge on any atom is 0.251 e. The third-order valence-corrected chi connectivity index (χ3v) is 3.80. The first-order valence-corrected chi connectivity index (χ1v) is 9.16. The minimum absolute atomic E-state index is 0. The number of hydrogen-bond acceptors (Lipinski definition) is 4. The average molecular weight is 510 g/mol. The number of guanidine groups is 1. The summed E-state index contributed by atoms with van der Waals surface area (Å²) >= 11 is 0. The predicted octanol–water partition coefficient (Wildman–Crippen LogP) is 1.21. The van der Waals surface area contributed by atoms with Gasteiger partial charge in [0.05, 0.1) is 13.1 Å². The number of primary amides is 1. The molecule has 156 valence electrons. The number of nitrogens with zero attached hydrogens (tertiary/aromatic N) is 2. The summed E-state index contributed by atoms with van der Waals surface area (Å²) in [5, 5.41) is 8.95. The predicted molar refractivity (Wildman–Crippen MR) is 124 cm³/mol. The lowest BCUT2D eigenvalue weighted by Gasteiger charge is -2.11. The molecule has 0 aliphatic heterocycles. The SMILES string of the molecule is CCNC(=NCc1ccc(C(=O)NCC(N)=O)cc1)NCCc1ccccn1.I. The van der Waals surface area contributed by atoms with Crippen LogP contribution in [0.1, 0.15) is 28.5 Å². The van der Waals surface area contributed by atoms with Crippen molar-refractivity contribution in [2.24, 2.45) is 10.7 Å². The number of amides is 2. The van der Waals surface area contributed by atoms with E-state index in [0.717, 1.165) is 36.7 Å². The monoisotopic (exact) mass is 510 g/mol. The van der Waals surface area contributed by atoms with Gasteiger partial charge in [-0.05, 0) is 36.8 Å². The van der Waals surface area contributed by atoms with Gasteiger partial charge in [-0.1, -0.05) is 18.2 Å². The smallest absolute Gasteiger partial charge is 0.251 e. The summed E-state index contributed by atoms with van der Waals surface area (Å²) in [6.07, 6.45) is 2.59. The molecular formula is C20H27IN6O2. The summed E-state index contributed by atoms with van der Waals surface area (Å²) in [7, 11) is 0. The van der Waals surface area contributed by atoms with Gasteiger partial charge in [0, 0.05) is 37.0 Å². The molecule has 5 N–H and O–H groups in total. The first-order chi connectivity index (χ1) is 13.6. The maximum absolute atomic E-state index is 11.9. The number of nitrogens with two attached hydrogens (primary N) is 1. The minimum atomic E-state index is -0.578. The quantitative estimate of drug-likeness (QED) is 0.230. The van der Waals surface area contributed by atoms with Gasteiger partial charge in [-0.2, -0.15) is 0 Å². The number of carbonyl (C=O) groups is 2. The van der Waals surface area contributed by atoms with Crippen LogP contribution in [0.3, 0.4) is 0 Å². The van der Waals surface area contributed by atoms with Crippen LogP contribution < -0.4 is 21.7 Å².